The molecule has 1 saturated carbocycles. The fourth-order valence-electron chi connectivity index (χ4n) is 3.89. The monoisotopic (exact) mass is 324 g/mol. The van der Waals surface area contributed by atoms with E-state index >= 15 is 0 Å². The lowest BCUT2D eigenvalue weighted by Gasteiger charge is -2.46. The zero-order chi connectivity index (χ0) is 16.1. The summed E-state index contributed by atoms with van der Waals surface area (Å²) in [6.07, 6.45) is 8.15. The third-order valence-electron chi connectivity index (χ3n) is 5.61. The number of carbonyl (C=O) groups excluding carboxylic acids is 1. The van der Waals surface area contributed by atoms with Crippen LogP contribution in [0.1, 0.15) is 51.9 Å². The van der Waals surface area contributed by atoms with Gasteiger partial charge in [0, 0.05) is 39.5 Å². The molecule has 0 bridgehead atoms. The maximum Gasteiger partial charge on any atom is 0.317 e. The number of hydrogen-bond donors (Lipinski definition) is 1. The third-order valence-corrected chi connectivity index (χ3v) is 5.61. The van der Waals surface area contributed by atoms with E-state index in [1.54, 1.807) is 0 Å². The van der Waals surface area contributed by atoms with Gasteiger partial charge >= 0.3 is 6.03 Å². The van der Waals surface area contributed by atoms with Crippen LogP contribution in [0.15, 0.2) is 0 Å². The molecule has 0 aromatic rings. The van der Waals surface area contributed by atoms with Crippen molar-refractivity contribution in [2.45, 2.75) is 57.5 Å². The highest BCUT2D eigenvalue weighted by Crippen LogP contribution is 2.39. The van der Waals surface area contributed by atoms with Crippen molar-refractivity contribution in [3.8, 4) is 0 Å². The Bertz CT molecular complexity index is 390. The smallest absolute Gasteiger partial charge is 0.317 e. The quantitative estimate of drug-likeness (QED) is 0.764. The van der Waals surface area contributed by atoms with Gasteiger partial charge in [0.15, 0.2) is 0 Å². The van der Waals surface area contributed by atoms with E-state index in [0.29, 0.717) is 6.54 Å². The summed E-state index contributed by atoms with van der Waals surface area (Å²) in [6.45, 7) is 7.03. The number of likely N-dealkylation sites (tertiary alicyclic amines) is 1. The van der Waals surface area contributed by atoms with Crippen LogP contribution in [0.4, 0.5) is 4.79 Å². The van der Waals surface area contributed by atoms with E-state index in [-0.39, 0.29) is 11.6 Å². The molecule has 2 saturated heterocycles. The summed E-state index contributed by atoms with van der Waals surface area (Å²) in [4.78, 5) is 13.9. The second-order valence-corrected chi connectivity index (χ2v) is 7.52. The molecule has 1 N–H and O–H groups in total. The number of piperidine rings is 1. The standard InChI is InChI=1S/C18H32N2O3/c1-2-19-17(21)20-9-7-18(8-10-20)13-15(6-12-23-18)5-11-22-14-16-3-4-16/h15-16H,2-14H2,1H3,(H,19,21). The summed E-state index contributed by atoms with van der Waals surface area (Å²) >= 11 is 0. The average Bonchev–Trinajstić information content (AvgIpc) is 3.37. The van der Waals surface area contributed by atoms with Crippen LogP contribution in [0.3, 0.4) is 0 Å². The van der Waals surface area contributed by atoms with Crippen molar-refractivity contribution in [1.82, 2.24) is 10.2 Å². The molecule has 132 valence electrons. The van der Waals surface area contributed by atoms with Crippen molar-refractivity contribution in [3.05, 3.63) is 0 Å². The van der Waals surface area contributed by atoms with E-state index in [2.05, 4.69) is 5.32 Å². The molecule has 1 aliphatic carbocycles. The Labute approximate surface area is 140 Å². The molecule has 1 atom stereocenters. The molecule has 3 rings (SSSR count). The molecule has 5 heteroatoms. The maximum atomic E-state index is 11.9. The summed E-state index contributed by atoms with van der Waals surface area (Å²) < 4.78 is 12.0. The zero-order valence-electron chi connectivity index (χ0n) is 14.5. The molecule has 0 aromatic carbocycles. The Kier molecular flexibility index (Phi) is 5.81. The van der Waals surface area contributed by atoms with Gasteiger partial charge in [-0.1, -0.05) is 0 Å². The van der Waals surface area contributed by atoms with Gasteiger partial charge in [-0.3, -0.25) is 0 Å². The number of amides is 2. The van der Waals surface area contributed by atoms with E-state index in [9.17, 15) is 4.79 Å². The molecule has 2 heterocycles. The first kappa shape index (κ1) is 17.0. The Hall–Kier alpha value is -0.810. The fraction of sp³-hybridized carbons (Fsp3) is 0.944. The first-order chi connectivity index (χ1) is 11.2. The second kappa shape index (κ2) is 7.84. The number of carbonyl (C=O) groups is 1. The molecule has 23 heavy (non-hydrogen) atoms. The van der Waals surface area contributed by atoms with Gasteiger partial charge in [0.25, 0.3) is 0 Å². The highest BCUT2D eigenvalue weighted by atomic mass is 16.5. The number of ether oxygens (including phenoxy) is 2. The lowest BCUT2D eigenvalue weighted by molar-refractivity contribution is -0.125. The molecule has 3 aliphatic rings. The van der Waals surface area contributed by atoms with Crippen molar-refractivity contribution >= 4 is 6.03 Å². The second-order valence-electron chi connectivity index (χ2n) is 7.52. The molecule has 1 spiro atoms. The Morgan fingerprint density at radius 2 is 2.04 bits per heavy atom. The van der Waals surface area contributed by atoms with Gasteiger partial charge in [0.2, 0.25) is 0 Å². The predicted octanol–water partition coefficient (Wildman–Crippen LogP) is 2.79. The SMILES string of the molecule is CCNC(=O)N1CCC2(CC1)CC(CCOCC1CC1)CCO2. The van der Waals surface area contributed by atoms with Crippen molar-refractivity contribution in [3.63, 3.8) is 0 Å². The van der Waals surface area contributed by atoms with Gasteiger partial charge in [-0.15, -0.1) is 0 Å². The van der Waals surface area contributed by atoms with Crippen LogP contribution < -0.4 is 5.32 Å². The molecule has 3 fully saturated rings. The zero-order valence-corrected chi connectivity index (χ0v) is 14.5. The van der Waals surface area contributed by atoms with Crippen molar-refractivity contribution in [2.24, 2.45) is 11.8 Å². The van der Waals surface area contributed by atoms with Gasteiger partial charge in [0.05, 0.1) is 5.60 Å². The lowest BCUT2D eigenvalue weighted by atomic mass is 9.78. The van der Waals surface area contributed by atoms with E-state index in [1.807, 2.05) is 11.8 Å². The maximum absolute atomic E-state index is 11.9. The summed E-state index contributed by atoms with van der Waals surface area (Å²) in [5.41, 5.74) is 0.0163. The first-order valence-electron chi connectivity index (χ1n) is 9.45. The van der Waals surface area contributed by atoms with Crippen molar-refractivity contribution in [1.29, 1.82) is 0 Å². The molecule has 2 amide bonds. The highest BCUT2D eigenvalue weighted by Gasteiger charge is 2.40. The van der Waals surface area contributed by atoms with Crippen LogP contribution in [0.5, 0.6) is 0 Å². The average molecular weight is 324 g/mol. The minimum absolute atomic E-state index is 0.0163. The Balaban J connectivity index is 1.39. The van der Waals surface area contributed by atoms with Crippen molar-refractivity contribution < 1.29 is 14.3 Å². The van der Waals surface area contributed by atoms with Gasteiger partial charge in [-0.2, -0.15) is 0 Å². The molecular formula is C18H32N2O3. The Morgan fingerprint density at radius 3 is 2.74 bits per heavy atom. The number of nitrogens with zero attached hydrogens (tertiary/aromatic N) is 1. The number of rotatable bonds is 6. The van der Waals surface area contributed by atoms with Crippen LogP contribution >= 0.6 is 0 Å². The van der Waals surface area contributed by atoms with Gasteiger partial charge in [0.1, 0.15) is 0 Å². The molecule has 5 nitrogen and oxygen atoms in total. The number of urea groups is 1. The Morgan fingerprint density at radius 1 is 1.26 bits per heavy atom. The van der Waals surface area contributed by atoms with Crippen molar-refractivity contribution in [2.75, 3.05) is 39.5 Å². The molecule has 0 radical (unpaired) electrons. The first-order valence-corrected chi connectivity index (χ1v) is 9.45. The van der Waals surface area contributed by atoms with E-state index in [4.69, 9.17) is 9.47 Å². The lowest BCUT2D eigenvalue weighted by Crippen LogP contribution is -2.52. The van der Waals surface area contributed by atoms with E-state index in [1.165, 1.54) is 12.8 Å². The number of nitrogens with one attached hydrogen (secondary N) is 1. The summed E-state index contributed by atoms with van der Waals surface area (Å²) in [5.74, 6) is 1.58. The van der Waals surface area contributed by atoms with Crippen LogP contribution in [0.2, 0.25) is 0 Å². The minimum atomic E-state index is 0.0163. The topological polar surface area (TPSA) is 50.8 Å². The van der Waals surface area contributed by atoms with Crippen LogP contribution in [0.25, 0.3) is 0 Å². The fourth-order valence-corrected chi connectivity index (χ4v) is 3.89. The van der Waals surface area contributed by atoms with Crippen LogP contribution in [0, 0.1) is 11.8 Å². The van der Waals surface area contributed by atoms with Crippen LogP contribution in [-0.4, -0.2) is 56.0 Å². The highest BCUT2D eigenvalue weighted by molar-refractivity contribution is 5.74. The summed E-state index contributed by atoms with van der Waals surface area (Å²) in [5, 5.41) is 2.89. The van der Waals surface area contributed by atoms with Gasteiger partial charge < -0.3 is 19.7 Å². The predicted molar refractivity (Wildman–Crippen MR) is 89.4 cm³/mol. The minimum Gasteiger partial charge on any atom is -0.381 e. The normalized spacial score (nSPS) is 27.2. The third kappa shape index (κ3) is 4.83. The van der Waals surface area contributed by atoms with Crippen LogP contribution in [-0.2, 0) is 9.47 Å². The largest absolute Gasteiger partial charge is 0.381 e. The molecule has 0 aromatic heterocycles. The molecular weight excluding hydrogens is 292 g/mol. The molecule has 1 unspecified atom stereocenters. The number of hydrogen-bond acceptors (Lipinski definition) is 3. The molecule has 2 aliphatic heterocycles. The summed E-state index contributed by atoms with van der Waals surface area (Å²) in [7, 11) is 0. The van der Waals surface area contributed by atoms with Gasteiger partial charge in [-0.25, -0.2) is 4.79 Å². The van der Waals surface area contributed by atoms with E-state index in [0.717, 1.165) is 76.9 Å². The van der Waals surface area contributed by atoms with E-state index < -0.39 is 0 Å². The van der Waals surface area contributed by atoms with Gasteiger partial charge in [-0.05, 0) is 63.7 Å². The summed E-state index contributed by atoms with van der Waals surface area (Å²) in [6, 6.07) is 0.0724.